The van der Waals surface area contributed by atoms with Gasteiger partial charge in [-0.05, 0) is 20.3 Å². The molecule has 1 saturated heterocycles. The SMILES string of the molecule is CCc1c(Cl)nc(C)nc1N1CCN(c2cc(C)nc3ncnn23)CC1. The van der Waals surface area contributed by atoms with Gasteiger partial charge in [-0.1, -0.05) is 18.5 Å². The Hall–Kier alpha value is -2.48. The number of hydrogen-bond acceptors (Lipinski definition) is 7. The largest absolute Gasteiger partial charge is 0.353 e. The number of anilines is 2. The second-order valence-corrected chi connectivity index (χ2v) is 6.78. The van der Waals surface area contributed by atoms with Gasteiger partial charge in [-0.15, -0.1) is 0 Å². The zero-order chi connectivity index (χ0) is 18.3. The minimum absolute atomic E-state index is 0.562. The Morgan fingerprint density at radius 1 is 1.04 bits per heavy atom. The molecule has 0 atom stereocenters. The molecule has 8 nitrogen and oxygen atoms in total. The number of aromatic nitrogens is 6. The molecule has 0 aromatic carbocycles. The summed E-state index contributed by atoms with van der Waals surface area (Å²) in [6, 6.07) is 2.06. The van der Waals surface area contributed by atoms with Crippen molar-refractivity contribution < 1.29 is 0 Å². The van der Waals surface area contributed by atoms with E-state index >= 15 is 0 Å². The van der Waals surface area contributed by atoms with Crippen molar-refractivity contribution in [3.63, 3.8) is 0 Å². The van der Waals surface area contributed by atoms with Gasteiger partial charge in [0, 0.05) is 43.5 Å². The van der Waals surface area contributed by atoms with Crippen LogP contribution < -0.4 is 9.80 Å². The first-order valence-electron chi connectivity index (χ1n) is 8.77. The number of halogens is 1. The summed E-state index contributed by atoms with van der Waals surface area (Å²) >= 11 is 6.34. The van der Waals surface area contributed by atoms with Crippen molar-refractivity contribution in [3.8, 4) is 0 Å². The predicted molar refractivity (Wildman–Crippen MR) is 101 cm³/mol. The summed E-state index contributed by atoms with van der Waals surface area (Å²) in [7, 11) is 0. The highest BCUT2D eigenvalue weighted by Gasteiger charge is 2.24. The number of rotatable bonds is 3. The monoisotopic (exact) mass is 372 g/mol. The van der Waals surface area contributed by atoms with E-state index in [-0.39, 0.29) is 0 Å². The van der Waals surface area contributed by atoms with Crippen LogP contribution in [0.25, 0.3) is 5.78 Å². The molecule has 4 rings (SSSR count). The van der Waals surface area contributed by atoms with E-state index in [1.165, 1.54) is 0 Å². The van der Waals surface area contributed by atoms with E-state index < -0.39 is 0 Å². The van der Waals surface area contributed by atoms with Gasteiger partial charge in [-0.25, -0.2) is 15.0 Å². The molecule has 0 amide bonds. The van der Waals surface area contributed by atoms with Crippen molar-refractivity contribution in [1.82, 2.24) is 29.5 Å². The van der Waals surface area contributed by atoms with Gasteiger partial charge in [-0.2, -0.15) is 14.6 Å². The molecule has 9 heteroatoms. The van der Waals surface area contributed by atoms with Crippen LogP contribution in [-0.2, 0) is 6.42 Å². The smallest absolute Gasteiger partial charge is 0.254 e. The van der Waals surface area contributed by atoms with E-state index in [0.717, 1.165) is 55.5 Å². The minimum Gasteiger partial charge on any atom is -0.353 e. The van der Waals surface area contributed by atoms with Crippen molar-refractivity contribution in [2.45, 2.75) is 27.2 Å². The number of piperazine rings is 1. The minimum atomic E-state index is 0.562. The van der Waals surface area contributed by atoms with Crippen molar-refractivity contribution in [2.75, 3.05) is 36.0 Å². The number of nitrogens with zero attached hydrogens (tertiary/aromatic N) is 8. The van der Waals surface area contributed by atoms with E-state index in [4.69, 9.17) is 11.6 Å². The molecule has 0 saturated carbocycles. The quantitative estimate of drug-likeness (QED) is 0.651. The molecular formula is C17H21ClN8. The van der Waals surface area contributed by atoms with Crippen LogP contribution in [0.15, 0.2) is 12.4 Å². The molecule has 0 unspecified atom stereocenters. The molecular weight excluding hydrogens is 352 g/mol. The van der Waals surface area contributed by atoms with E-state index in [1.54, 1.807) is 10.8 Å². The zero-order valence-electron chi connectivity index (χ0n) is 15.1. The van der Waals surface area contributed by atoms with E-state index in [2.05, 4.69) is 47.8 Å². The lowest BCUT2D eigenvalue weighted by molar-refractivity contribution is 0.629. The average molecular weight is 373 g/mol. The Balaban J connectivity index is 1.59. The Morgan fingerprint density at radius 3 is 2.50 bits per heavy atom. The van der Waals surface area contributed by atoms with Gasteiger partial charge in [0.15, 0.2) is 0 Å². The van der Waals surface area contributed by atoms with Crippen LogP contribution in [0.5, 0.6) is 0 Å². The maximum atomic E-state index is 6.34. The third-order valence-corrected chi connectivity index (χ3v) is 4.98. The van der Waals surface area contributed by atoms with Crippen LogP contribution in [0.2, 0.25) is 5.15 Å². The van der Waals surface area contributed by atoms with Crippen molar-refractivity contribution in [1.29, 1.82) is 0 Å². The number of hydrogen-bond donors (Lipinski definition) is 0. The molecule has 1 aliphatic heterocycles. The van der Waals surface area contributed by atoms with Crippen molar-refractivity contribution in [3.05, 3.63) is 34.6 Å². The van der Waals surface area contributed by atoms with E-state index in [0.29, 0.717) is 16.8 Å². The van der Waals surface area contributed by atoms with Gasteiger partial charge in [0.1, 0.15) is 28.9 Å². The van der Waals surface area contributed by atoms with Gasteiger partial charge < -0.3 is 9.80 Å². The maximum absolute atomic E-state index is 6.34. The summed E-state index contributed by atoms with van der Waals surface area (Å²) < 4.78 is 1.80. The van der Waals surface area contributed by atoms with E-state index in [1.807, 2.05) is 13.8 Å². The standard InChI is InChI=1S/C17H21ClN8/c1-4-13-15(18)22-12(3)23-16(13)25-7-5-24(6-8-25)14-9-11(2)21-17-19-10-20-26(14)17/h9-10H,4-8H2,1-3H3. The lowest BCUT2D eigenvalue weighted by atomic mass is 10.2. The van der Waals surface area contributed by atoms with Crippen LogP contribution in [-0.4, -0.2) is 55.7 Å². The van der Waals surface area contributed by atoms with Gasteiger partial charge in [0.05, 0.1) is 0 Å². The molecule has 0 bridgehead atoms. The maximum Gasteiger partial charge on any atom is 0.254 e. The van der Waals surface area contributed by atoms with Gasteiger partial charge >= 0.3 is 0 Å². The first kappa shape index (κ1) is 17.0. The molecule has 0 aliphatic carbocycles. The highest BCUT2D eigenvalue weighted by Crippen LogP contribution is 2.27. The fourth-order valence-corrected chi connectivity index (χ4v) is 3.74. The highest BCUT2D eigenvalue weighted by molar-refractivity contribution is 6.30. The molecule has 136 valence electrons. The molecule has 3 aromatic rings. The third kappa shape index (κ3) is 2.94. The molecule has 0 N–H and O–H groups in total. The molecule has 0 spiro atoms. The summed E-state index contributed by atoms with van der Waals surface area (Å²) in [6.45, 7) is 9.39. The summed E-state index contributed by atoms with van der Waals surface area (Å²) in [5.41, 5.74) is 1.96. The summed E-state index contributed by atoms with van der Waals surface area (Å²) in [5, 5.41) is 4.87. The third-order valence-electron chi connectivity index (χ3n) is 4.66. The Morgan fingerprint density at radius 2 is 1.77 bits per heavy atom. The molecule has 26 heavy (non-hydrogen) atoms. The summed E-state index contributed by atoms with van der Waals surface area (Å²) in [4.78, 5) is 22.2. The molecule has 0 radical (unpaired) electrons. The lowest BCUT2D eigenvalue weighted by Crippen LogP contribution is -2.47. The topological polar surface area (TPSA) is 75.3 Å². The van der Waals surface area contributed by atoms with E-state index in [9.17, 15) is 0 Å². The Labute approximate surface area is 156 Å². The average Bonchev–Trinajstić information content (AvgIpc) is 3.09. The summed E-state index contributed by atoms with van der Waals surface area (Å²) in [5.74, 6) is 3.33. The Kier molecular flexibility index (Phi) is 4.36. The van der Waals surface area contributed by atoms with Crippen molar-refractivity contribution in [2.24, 2.45) is 0 Å². The molecule has 4 heterocycles. The zero-order valence-corrected chi connectivity index (χ0v) is 15.9. The van der Waals surface area contributed by atoms with Gasteiger partial charge in [0.2, 0.25) is 0 Å². The number of fused-ring (bicyclic) bond motifs is 1. The van der Waals surface area contributed by atoms with Crippen LogP contribution >= 0.6 is 11.6 Å². The van der Waals surface area contributed by atoms with Crippen LogP contribution in [0.4, 0.5) is 11.6 Å². The normalized spacial score (nSPS) is 15.1. The van der Waals surface area contributed by atoms with Gasteiger partial charge in [0.25, 0.3) is 5.78 Å². The fourth-order valence-electron chi connectivity index (χ4n) is 3.40. The van der Waals surface area contributed by atoms with Crippen LogP contribution in [0, 0.1) is 13.8 Å². The highest BCUT2D eigenvalue weighted by atomic mass is 35.5. The fraction of sp³-hybridized carbons (Fsp3) is 0.471. The second-order valence-electron chi connectivity index (χ2n) is 6.42. The van der Waals surface area contributed by atoms with Gasteiger partial charge in [-0.3, -0.25) is 0 Å². The van der Waals surface area contributed by atoms with Crippen molar-refractivity contribution >= 4 is 29.0 Å². The molecule has 3 aromatic heterocycles. The summed E-state index contributed by atoms with van der Waals surface area (Å²) in [6.07, 6.45) is 2.36. The van der Waals surface area contributed by atoms with Crippen LogP contribution in [0.1, 0.15) is 24.0 Å². The first-order chi connectivity index (χ1) is 12.6. The lowest BCUT2D eigenvalue weighted by Gasteiger charge is -2.37. The molecule has 1 fully saturated rings. The Bertz CT molecular complexity index is 945. The predicted octanol–water partition coefficient (Wildman–Crippen LogP) is 2.07. The van der Waals surface area contributed by atoms with Crippen LogP contribution in [0.3, 0.4) is 0 Å². The first-order valence-corrected chi connectivity index (χ1v) is 9.15. The number of aryl methyl sites for hydroxylation is 2. The second kappa shape index (κ2) is 6.68. The molecule has 1 aliphatic rings.